The van der Waals surface area contributed by atoms with Crippen molar-refractivity contribution in [2.75, 3.05) is 0 Å². The van der Waals surface area contributed by atoms with E-state index in [1.807, 2.05) is 11.3 Å². The van der Waals surface area contributed by atoms with Crippen LogP contribution in [0.2, 0.25) is 0 Å². The molecule has 0 aliphatic heterocycles. The van der Waals surface area contributed by atoms with Gasteiger partial charge in [0, 0.05) is 20.2 Å². The van der Waals surface area contributed by atoms with Gasteiger partial charge >= 0.3 is 0 Å². The highest BCUT2D eigenvalue weighted by atomic mass is 32.1. The van der Waals surface area contributed by atoms with E-state index in [4.69, 9.17) is 0 Å². The van der Waals surface area contributed by atoms with Crippen LogP contribution in [0.1, 0.15) is 22.3 Å². The largest absolute Gasteiger partial charge is 0.135 e. The van der Waals surface area contributed by atoms with E-state index in [2.05, 4.69) is 231 Å². The van der Waals surface area contributed by atoms with Crippen LogP contribution in [0.4, 0.5) is 0 Å². The molecule has 13 aromatic carbocycles. The first kappa shape index (κ1) is 36.8. The zero-order valence-corrected chi connectivity index (χ0v) is 37.7. The molecule has 0 bridgehead atoms. The van der Waals surface area contributed by atoms with Gasteiger partial charge in [-0.25, -0.2) is 0 Å². The Balaban J connectivity index is 1.04. The molecule has 68 heavy (non-hydrogen) atoms. The average molecular weight is 875 g/mol. The van der Waals surface area contributed by atoms with Crippen LogP contribution in [0, 0.1) is 0 Å². The Kier molecular flexibility index (Phi) is 7.25. The van der Waals surface area contributed by atoms with Crippen molar-refractivity contribution in [1.82, 2.24) is 0 Å². The molecule has 0 amide bonds. The predicted octanol–water partition coefficient (Wildman–Crippen LogP) is 18.7. The molecule has 1 aromatic heterocycles. The highest BCUT2D eigenvalue weighted by Crippen LogP contribution is 2.68. The van der Waals surface area contributed by atoms with E-state index < -0.39 is 5.41 Å². The summed E-state index contributed by atoms with van der Waals surface area (Å²) in [5.74, 6) is 0. The van der Waals surface area contributed by atoms with Crippen LogP contribution in [0.3, 0.4) is 0 Å². The van der Waals surface area contributed by atoms with Crippen LogP contribution < -0.4 is 0 Å². The van der Waals surface area contributed by atoms with Gasteiger partial charge < -0.3 is 0 Å². The second kappa shape index (κ2) is 13.4. The van der Waals surface area contributed by atoms with E-state index in [-0.39, 0.29) is 0 Å². The number of hydrogen-bond donors (Lipinski definition) is 0. The molecule has 0 saturated heterocycles. The summed E-state index contributed by atoms with van der Waals surface area (Å²) in [7, 11) is 0. The van der Waals surface area contributed by atoms with E-state index in [1.54, 1.807) is 0 Å². The first-order valence-corrected chi connectivity index (χ1v) is 24.6. The van der Waals surface area contributed by atoms with E-state index >= 15 is 0 Å². The Morgan fingerprint density at radius 1 is 0.235 bits per heavy atom. The van der Waals surface area contributed by atoms with Crippen molar-refractivity contribution >= 4 is 96.1 Å². The van der Waals surface area contributed by atoms with Crippen LogP contribution in [0.25, 0.3) is 129 Å². The Labute approximate surface area is 396 Å². The minimum atomic E-state index is -0.554. The Morgan fingerprint density at radius 2 is 0.588 bits per heavy atom. The standard InChI is InChI=1S/C67H38S/c1-4-23-47-41(17-1)42-18-3-10-29-53(42)65-63(47)64-48-24-5-2-19-43(48)55-37-39(33-35-54(55)66(64)67(65)57-30-14-11-20-44(57)45-21-12-15-31-58(45)67)61-49-25-6-8-27-51(49)62(52-28-9-7-26-50(52)61)40-34-36-60-56(38-40)46-22-13-16-32-59(46)68-60/h1-38H. The van der Waals surface area contributed by atoms with Crippen molar-refractivity contribution in [3.8, 4) is 44.5 Å². The van der Waals surface area contributed by atoms with Gasteiger partial charge in [-0.2, -0.15) is 0 Å². The van der Waals surface area contributed by atoms with Gasteiger partial charge in [-0.05, 0) is 156 Å². The Bertz CT molecular complexity index is 4460. The van der Waals surface area contributed by atoms with Gasteiger partial charge in [0.05, 0.1) is 5.41 Å². The highest BCUT2D eigenvalue weighted by molar-refractivity contribution is 7.25. The molecule has 0 radical (unpaired) electrons. The molecule has 0 fully saturated rings. The molecule has 14 aromatic rings. The fraction of sp³-hybridized carbons (Fsp3) is 0.0149. The van der Waals surface area contributed by atoms with Crippen molar-refractivity contribution in [3.63, 3.8) is 0 Å². The summed E-state index contributed by atoms with van der Waals surface area (Å²) in [6.45, 7) is 0. The average Bonchev–Trinajstić information content (AvgIpc) is 4.05. The van der Waals surface area contributed by atoms with Crippen LogP contribution in [-0.4, -0.2) is 0 Å². The fourth-order valence-corrected chi connectivity index (χ4v) is 14.4. The zero-order chi connectivity index (χ0) is 44.2. The molecule has 312 valence electrons. The molecule has 0 unspecified atom stereocenters. The summed E-state index contributed by atoms with van der Waals surface area (Å²) in [6.07, 6.45) is 0. The Morgan fingerprint density at radius 3 is 1.13 bits per heavy atom. The molecule has 1 heteroatoms. The maximum absolute atomic E-state index is 2.54. The number of thiophene rings is 1. The van der Waals surface area contributed by atoms with Gasteiger partial charge in [-0.1, -0.05) is 206 Å². The van der Waals surface area contributed by atoms with Gasteiger partial charge in [0.25, 0.3) is 0 Å². The van der Waals surface area contributed by atoms with Crippen LogP contribution >= 0.6 is 11.3 Å². The molecular formula is C67H38S. The smallest absolute Gasteiger partial charge is 0.0738 e. The lowest BCUT2D eigenvalue weighted by molar-refractivity contribution is 0.810. The summed E-state index contributed by atoms with van der Waals surface area (Å²) in [6, 6.07) is 87.7. The molecule has 0 atom stereocenters. The number of fused-ring (bicyclic) bond motifs is 25. The van der Waals surface area contributed by atoms with E-state index in [0.717, 1.165) is 0 Å². The van der Waals surface area contributed by atoms with Gasteiger partial charge in [-0.3, -0.25) is 0 Å². The van der Waals surface area contributed by atoms with Gasteiger partial charge in [-0.15, -0.1) is 11.3 Å². The molecule has 0 N–H and O–H groups in total. The lowest BCUT2D eigenvalue weighted by Crippen LogP contribution is -2.26. The quantitative estimate of drug-likeness (QED) is 0.120. The maximum atomic E-state index is 2.54. The SMILES string of the molecule is c1ccc2c(c1)-c1ccccc1C21c2c(c3ccccc3c3ccccc23)-c2c1c1ccc(-c3c4ccccc4c(-c4ccc5sc6ccccc6c5c4)c4ccccc34)cc1c1ccccc21. The monoisotopic (exact) mass is 874 g/mol. The third-order valence-electron chi connectivity index (χ3n) is 15.8. The van der Waals surface area contributed by atoms with Crippen molar-refractivity contribution in [2.45, 2.75) is 5.41 Å². The lowest BCUT2D eigenvalue weighted by atomic mass is 9.67. The first-order chi connectivity index (χ1) is 33.8. The van der Waals surface area contributed by atoms with E-state index in [0.29, 0.717) is 0 Å². The highest BCUT2D eigenvalue weighted by Gasteiger charge is 2.54. The Hall–Kier alpha value is -8.36. The predicted molar refractivity (Wildman–Crippen MR) is 292 cm³/mol. The molecule has 2 aliphatic carbocycles. The number of rotatable bonds is 2. The molecule has 16 rings (SSSR count). The summed E-state index contributed by atoms with van der Waals surface area (Å²) < 4.78 is 2.66. The number of hydrogen-bond acceptors (Lipinski definition) is 1. The zero-order valence-electron chi connectivity index (χ0n) is 36.8. The van der Waals surface area contributed by atoms with Gasteiger partial charge in [0.1, 0.15) is 0 Å². The molecule has 1 spiro atoms. The summed E-state index contributed by atoms with van der Waals surface area (Å²) in [5, 5.41) is 18.1. The van der Waals surface area contributed by atoms with E-state index in [9.17, 15) is 0 Å². The minimum absolute atomic E-state index is 0.554. The first-order valence-electron chi connectivity index (χ1n) is 23.8. The summed E-state index contributed by atoms with van der Waals surface area (Å²) in [4.78, 5) is 0. The lowest BCUT2D eigenvalue weighted by Gasteiger charge is -2.33. The molecule has 0 nitrogen and oxygen atoms in total. The fourth-order valence-electron chi connectivity index (χ4n) is 13.3. The normalized spacial score (nSPS) is 13.4. The molecule has 0 saturated carbocycles. The van der Waals surface area contributed by atoms with Crippen LogP contribution in [0.15, 0.2) is 231 Å². The third kappa shape index (κ3) is 4.55. The van der Waals surface area contributed by atoms with Crippen LogP contribution in [-0.2, 0) is 5.41 Å². The van der Waals surface area contributed by atoms with Crippen molar-refractivity contribution in [1.29, 1.82) is 0 Å². The second-order valence-electron chi connectivity index (χ2n) is 18.9. The molecule has 2 aliphatic rings. The van der Waals surface area contributed by atoms with E-state index in [1.165, 1.54) is 152 Å². The van der Waals surface area contributed by atoms with Crippen molar-refractivity contribution in [2.24, 2.45) is 0 Å². The summed E-state index contributed by atoms with van der Waals surface area (Å²) >= 11 is 1.88. The summed E-state index contributed by atoms with van der Waals surface area (Å²) in [5.41, 5.74) is 15.4. The van der Waals surface area contributed by atoms with Crippen LogP contribution in [0.5, 0.6) is 0 Å². The van der Waals surface area contributed by atoms with Crippen molar-refractivity contribution in [3.05, 3.63) is 253 Å². The topological polar surface area (TPSA) is 0 Å². The molecule has 1 heterocycles. The number of benzene rings is 13. The molecular weight excluding hydrogens is 837 g/mol. The minimum Gasteiger partial charge on any atom is -0.135 e. The van der Waals surface area contributed by atoms with Gasteiger partial charge in [0.2, 0.25) is 0 Å². The second-order valence-corrected chi connectivity index (χ2v) is 20.0. The third-order valence-corrected chi connectivity index (χ3v) is 16.9. The van der Waals surface area contributed by atoms with Gasteiger partial charge in [0.15, 0.2) is 0 Å². The maximum Gasteiger partial charge on any atom is 0.0738 e. The van der Waals surface area contributed by atoms with Crippen molar-refractivity contribution < 1.29 is 0 Å².